The number of piperidine rings is 1. The molecule has 0 radical (unpaired) electrons. The topological polar surface area (TPSA) is 41.1 Å². The fourth-order valence-electron chi connectivity index (χ4n) is 1.73. The Kier molecular flexibility index (Phi) is 2.75. The van der Waals surface area contributed by atoms with Crippen molar-refractivity contribution in [2.24, 2.45) is 0 Å². The van der Waals surface area contributed by atoms with Crippen molar-refractivity contribution in [2.45, 2.75) is 18.4 Å². The molecular weight excluding hydrogens is 176 g/mol. The normalized spacial score (nSPS) is 25.2. The van der Waals surface area contributed by atoms with Crippen LogP contribution in [0, 0.1) is 0 Å². The summed E-state index contributed by atoms with van der Waals surface area (Å²) in [7, 11) is 0. The molecule has 1 saturated heterocycles. The van der Waals surface area contributed by atoms with E-state index in [2.05, 4.69) is 10.6 Å². The summed E-state index contributed by atoms with van der Waals surface area (Å²) in [5.41, 5.74) is 0.00231. The largest absolute Gasteiger partial charge is 0.344 e. The van der Waals surface area contributed by atoms with Crippen LogP contribution in [0.2, 0.25) is 0 Å². The van der Waals surface area contributed by atoms with Crippen molar-refractivity contribution < 1.29 is 4.79 Å². The van der Waals surface area contributed by atoms with Gasteiger partial charge in [-0.05, 0) is 25.9 Å². The van der Waals surface area contributed by atoms with E-state index in [1.165, 1.54) is 0 Å². The Balaban J connectivity index is 0.000000720. The Hall–Kier alpha value is -0.540. The molecule has 0 aromatic rings. The first-order valence-corrected chi connectivity index (χ1v) is 4.03. The van der Waals surface area contributed by atoms with E-state index < -0.39 is 0 Å². The lowest BCUT2D eigenvalue weighted by molar-refractivity contribution is -0.117. The van der Waals surface area contributed by atoms with E-state index >= 15 is 0 Å². The third-order valence-corrected chi connectivity index (χ3v) is 2.42. The van der Waals surface area contributed by atoms with Gasteiger partial charge in [-0.1, -0.05) is 6.08 Å². The number of rotatable bonds is 0. The van der Waals surface area contributed by atoms with Gasteiger partial charge >= 0.3 is 0 Å². The molecular formula is C8H13ClN2O. The SMILES string of the molecule is Cl.O=C1C=CC2(CCNCC2)N1. The minimum atomic E-state index is 0. The molecule has 2 N–H and O–H groups in total. The summed E-state index contributed by atoms with van der Waals surface area (Å²) in [4.78, 5) is 10.9. The monoisotopic (exact) mass is 188 g/mol. The Morgan fingerprint density at radius 2 is 2.00 bits per heavy atom. The van der Waals surface area contributed by atoms with Gasteiger partial charge in [0.1, 0.15) is 0 Å². The zero-order valence-electron chi connectivity index (χ0n) is 6.80. The second kappa shape index (κ2) is 3.46. The van der Waals surface area contributed by atoms with Gasteiger partial charge in [0.05, 0.1) is 5.54 Å². The molecule has 4 heteroatoms. The number of halogens is 1. The average molecular weight is 189 g/mol. The van der Waals surface area contributed by atoms with E-state index in [0.717, 1.165) is 25.9 Å². The quantitative estimate of drug-likeness (QED) is 0.571. The van der Waals surface area contributed by atoms with Gasteiger partial charge in [-0.2, -0.15) is 0 Å². The van der Waals surface area contributed by atoms with Crippen LogP contribution >= 0.6 is 12.4 Å². The summed E-state index contributed by atoms with van der Waals surface area (Å²) in [6.45, 7) is 2.01. The minimum absolute atomic E-state index is 0. The summed E-state index contributed by atoms with van der Waals surface area (Å²) < 4.78 is 0. The summed E-state index contributed by atoms with van der Waals surface area (Å²) >= 11 is 0. The van der Waals surface area contributed by atoms with Gasteiger partial charge in [-0.15, -0.1) is 12.4 Å². The van der Waals surface area contributed by atoms with Gasteiger partial charge in [-0.25, -0.2) is 0 Å². The van der Waals surface area contributed by atoms with Crippen molar-refractivity contribution in [3.05, 3.63) is 12.2 Å². The van der Waals surface area contributed by atoms with Gasteiger partial charge in [0, 0.05) is 6.08 Å². The molecule has 0 aromatic carbocycles. The highest BCUT2D eigenvalue weighted by Gasteiger charge is 2.33. The molecule has 2 rings (SSSR count). The molecule has 1 amide bonds. The van der Waals surface area contributed by atoms with Crippen LogP contribution in [0.15, 0.2) is 12.2 Å². The van der Waals surface area contributed by atoms with E-state index in [4.69, 9.17) is 0 Å². The van der Waals surface area contributed by atoms with Crippen molar-refractivity contribution in [1.82, 2.24) is 10.6 Å². The number of amides is 1. The van der Waals surface area contributed by atoms with Crippen molar-refractivity contribution in [3.63, 3.8) is 0 Å². The van der Waals surface area contributed by atoms with Crippen LogP contribution in [0.4, 0.5) is 0 Å². The smallest absolute Gasteiger partial charge is 0.244 e. The molecule has 68 valence electrons. The first-order valence-electron chi connectivity index (χ1n) is 4.03. The van der Waals surface area contributed by atoms with Crippen molar-refractivity contribution in [1.29, 1.82) is 0 Å². The number of carbonyl (C=O) groups excluding carboxylic acids is 1. The van der Waals surface area contributed by atoms with Crippen molar-refractivity contribution >= 4 is 18.3 Å². The maximum Gasteiger partial charge on any atom is 0.244 e. The molecule has 2 heterocycles. The van der Waals surface area contributed by atoms with Crippen LogP contribution in [0.1, 0.15) is 12.8 Å². The Bertz CT molecular complexity index is 209. The van der Waals surface area contributed by atoms with Crippen LogP contribution in [-0.4, -0.2) is 24.5 Å². The van der Waals surface area contributed by atoms with Crippen molar-refractivity contribution in [3.8, 4) is 0 Å². The summed E-state index contributed by atoms with van der Waals surface area (Å²) in [5.74, 6) is 0.0619. The predicted molar refractivity (Wildman–Crippen MR) is 49.4 cm³/mol. The van der Waals surface area contributed by atoms with Gasteiger partial charge < -0.3 is 10.6 Å². The standard InChI is InChI=1S/C8H12N2O.ClH/c11-7-1-2-8(10-7)3-5-9-6-4-8;/h1-2,9H,3-6H2,(H,10,11);1H. The van der Waals surface area contributed by atoms with E-state index in [-0.39, 0.29) is 23.9 Å². The average Bonchev–Trinajstić information content (AvgIpc) is 2.34. The number of nitrogens with one attached hydrogen (secondary N) is 2. The molecule has 0 unspecified atom stereocenters. The van der Waals surface area contributed by atoms with Crippen LogP contribution in [-0.2, 0) is 4.79 Å². The molecule has 2 aliphatic heterocycles. The van der Waals surface area contributed by atoms with Crippen LogP contribution < -0.4 is 10.6 Å². The first-order chi connectivity index (χ1) is 5.31. The van der Waals surface area contributed by atoms with Gasteiger partial charge in [0.15, 0.2) is 0 Å². The van der Waals surface area contributed by atoms with Crippen LogP contribution in [0.3, 0.4) is 0 Å². The lowest BCUT2D eigenvalue weighted by atomic mass is 9.90. The molecule has 0 saturated carbocycles. The predicted octanol–water partition coefficient (Wildman–Crippen LogP) is 0.216. The number of hydrogen-bond acceptors (Lipinski definition) is 2. The molecule has 3 nitrogen and oxygen atoms in total. The van der Waals surface area contributed by atoms with E-state index in [1.54, 1.807) is 6.08 Å². The van der Waals surface area contributed by atoms with Gasteiger partial charge in [-0.3, -0.25) is 4.79 Å². The molecule has 0 atom stereocenters. The molecule has 2 aliphatic rings. The zero-order valence-corrected chi connectivity index (χ0v) is 7.62. The third-order valence-electron chi connectivity index (χ3n) is 2.42. The fraction of sp³-hybridized carbons (Fsp3) is 0.625. The Labute approximate surface area is 78.0 Å². The van der Waals surface area contributed by atoms with Crippen LogP contribution in [0.5, 0.6) is 0 Å². The maximum absolute atomic E-state index is 10.9. The third kappa shape index (κ3) is 1.62. The summed E-state index contributed by atoms with van der Waals surface area (Å²) in [5, 5.41) is 6.24. The van der Waals surface area contributed by atoms with E-state index in [1.807, 2.05) is 6.08 Å². The highest BCUT2D eigenvalue weighted by Crippen LogP contribution is 2.22. The first kappa shape index (κ1) is 9.55. The van der Waals surface area contributed by atoms with Gasteiger partial charge in [0.25, 0.3) is 0 Å². The fourth-order valence-corrected chi connectivity index (χ4v) is 1.73. The molecule has 12 heavy (non-hydrogen) atoms. The van der Waals surface area contributed by atoms with Crippen LogP contribution in [0.25, 0.3) is 0 Å². The second-order valence-electron chi connectivity index (χ2n) is 3.23. The molecule has 1 fully saturated rings. The zero-order chi connectivity index (χ0) is 7.73. The highest BCUT2D eigenvalue weighted by molar-refractivity contribution is 5.91. The van der Waals surface area contributed by atoms with E-state index in [0.29, 0.717) is 0 Å². The van der Waals surface area contributed by atoms with E-state index in [9.17, 15) is 4.79 Å². The highest BCUT2D eigenvalue weighted by atomic mass is 35.5. The lowest BCUT2D eigenvalue weighted by Crippen LogP contribution is -2.49. The second-order valence-corrected chi connectivity index (χ2v) is 3.23. The molecule has 0 aliphatic carbocycles. The Morgan fingerprint density at radius 3 is 2.50 bits per heavy atom. The van der Waals surface area contributed by atoms with Gasteiger partial charge in [0.2, 0.25) is 5.91 Å². The number of hydrogen-bond donors (Lipinski definition) is 2. The maximum atomic E-state index is 10.9. The minimum Gasteiger partial charge on any atom is -0.344 e. The van der Waals surface area contributed by atoms with Crippen molar-refractivity contribution in [2.75, 3.05) is 13.1 Å². The molecule has 0 aromatic heterocycles. The lowest BCUT2D eigenvalue weighted by Gasteiger charge is -2.32. The number of carbonyl (C=O) groups is 1. The molecule has 0 bridgehead atoms. The summed E-state index contributed by atoms with van der Waals surface area (Å²) in [6.07, 6.45) is 5.70. The molecule has 1 spiro atoms. The summed E-state index contributed by atoms with van der Waals surface area (Å²) in [6, 6.07) is 0. The Morgan fingerprint density at radius 1 is 1.33 bits per heavy atom.